The molecule has 2 rings (SSSR count). The second-order valence-corrected chi connectivity index (χ2v) is 3.26. The van der Waals surface area contributed by atoms with Crippen LogP contribution in [0.25, 0.3) is 0 Å². The zero-order chi connectivity index (χ0) is 11.2. The number of rotatable bonds is 3. The van der Waals surface area contributed by atoms with Crippen molar-refractivity contribution in [2.75, 3.05) is 0 Å². The number of hydrazine groups is 1. The molecule has 2 N–H and O–H groups in total. The Labute approximate surface area is 93.3 Å². The van der Waals surface area contributed by atoms with E-state index in [0.717, 1.165) is 0 Å². The van der Waals surface area contributed by atoms with Crippen molar-refractivity contribution in [1.29, 1.82) is 0 Å². The second-order valence-electron chi connectivity index (χ2n) is 3.26. The van der Waals surface area contributed by atoms with Crippen molar-refractivity contribution < 1.29 is 9.21 Å². The van der Waals surface area contributed by atoms with E-state index < -0.39 is 0 Å². The van der Waals surface area contributed by atoms with E-state index in [-0.39, 0.29) is 17.7 Å². The molecule has 1 aromatic rings. The van der Waals surface area contributed by atoms with E-state index in [1.807, 2.05) is 36.5 Å². The lowest BCUT2D eigenvalue weighted by Crippen LogP contribution is -2.42. The van der Waals surface area contributed by atoms with Crippen LogP contribution in [0.1, 0.15) is 10.6 Å². The molecule has 0 aromatic carbocycles. The van der Waals surface area contributed by atoms with Gasteiger partial charge in [0.05, 0.1) is 12.3 Å². The van der Waals surface area contributed by atoms with Crippen LogP contribution in [-0.2, 0) is 0 Å². The van der Waals surface area contributed by atoms with Gasteiger partial charge < -0.3 is 4.42 Å². The van der Waals surface area contributed by atoms with Crippen LogP contribution in [-0.4, -0.2) is 11.9 Å². The Morgan fingerprint density at radius 3 is 2.56 bits per heavy atom. The van der Waals surface area contributed by atoms with Crippen molar-refractivity contribution >= 4 is 5.91 Å². The average molecular weight is 216 g/mol. The van der Waals surface area contributed by atoms with Crippen molar-refractivity contribution in [2.24, 2.45) is 0 Å². The van der Waals surface area contributed by atoms with Gasteiger partial charge in [-0.2, -0.15) is 0 Å². The summed E-state index contributed by atoms with van der Waals surface area (Å²) < 4.78 is 4.96. The zero-order valence-electron chi connectivity index (χ0n) is 8.59. The first-order valence-electron chi connectivity index (χ1n) is 4.97. The monoisotopic (exact) mass is 216 g/mol. The summed E-state index contributed by atoms with van der Waals surface area (Å²) in [6, 6.07) is 3.26. The van der Waals surface area contributed by atoms with E-state index in [0.29, 0.717) is 0 Å². The summed E-state index contributed by atoms with van der Waals surface area (Å²) in [7, 11) is 0. The first-order valence-corrected chi connectivity index (χ1v) is 4.97. The number of amides is 1. The maximum Gasteiger partial charge on any atom is 0.301 e. The lowest BCUT2D eigenvalue weighted by atomic mass is 10.3. The summed E-state index contributed by atoms with van der Waals surface area (Å²) in [6.07, 6.45) is 13.0. The van der Waals surface area contributed by atoms with E-state index >= 15 is 0 Å². The Hall–Kier alpha value is -2.07. The molecule has 0 bridgehead atoms. The second kappa shape index (κ2) is 5.14. The normalized spacial score (nSPS) is 15.0. The Kier molecular flexibility index (Phi) is 3.35. The van der Waals surface area contributed by atoms with Gasteiger partial charge in [-0.05, 0) is 12.1 Å². The number of furan rings is 1. The molecule has 1 heterocycles. The minimum Gasteiger partial charge on any atom is -0.459 e. The van der Waals surface area contributed by atoms with Gasteiger partial charge in [0.1, 0.15) is 0 Å². The van der Waals surface area contributed by atoms with Gasteiger partial charge >= 0.3 is 5.91 Å². The molecule has 0 unspecified atom stereocenters. The highest BCUT2D eigenvalue weighted by molar-refractivity contribution is 5.90. The maximum atomic E-state index is 11.5. The lowest BCUT2D eigenvalue weighted by molar-refractivity contribution is 0.0903. The van der Waals surface area contributed by atoms with Crippen molar-refractivity contribution in [3.8, 4) is 0 Å². The van der Waals surface area contributed by atoms with E-state index in [1.165, 1.54) is 6.26 Å². The van der Waals surface area contributed by atoms with Gasteiger partial charge in [0.25, 0.3) is 0 Å². The third-order valence-electron chi connectivity index (χ3n) is 2.07. The third-order valence-corrected chi connectivity index (χ3v) is 2.07. The van der Waals surface area contributed by atoms with E-state index in [4.69, 9.17) is 4.42 Å². The molecule has 4 heteroatoms. The Morgan fingerprint density at radius 1 is 1.19 bits per heavy atom. The summed E-state index contributed by atoms with van der Waals surface area (Å²) >= 11 is 0. The smallest absolute Gasteiger partial charge is 0.301 e. The molecule has 0 atom stereocenters. The first kappa shape index (κ1) is 10.4. The molecule has 1 amide bonds. The third kappa shape index (κ3) is 2.71. The quantitative estimate of drug-likeness (QED) is 0.754. The number of carbonyl (C=O) groups excluding carboxylic acids is 1. The van der Waals surface area contributed by atoms with Crippen LogP contribution >= 0.6 is 0 Å². The molecule has 16 heavy (non-hydrogen) atoms. The van der Waals surface area contributed by atoms with Crippen LogP contribution in [0.2, 0.25) is 0 Å². The van der Waals surface area contributed by atoms with Gasteiger partial charge in [0.2, 0.25) is 0 Å². The van der Waals surface area contributed by atoms with E-state index in [1.54, 1.807) is 12.1 Å². The molecule has 4 nitrogen and oxygen atoms in total. The summed E-state index contributed by atoms with van der Waals surface area (Å²) in [5.41, 5.74) is 5.45. The van der Waals surface area contributed by atoms with Gasteiger partial charge in [0, 0.05) is 0 Å². The maximum absolute atomic E-state index is 11.5. The molecule has 1 aromatic heterocycles. The summed E-state index contributed by atoms with van der Waals surface area (Å²) in [4.78, 5) is 11.5. The highest BCUT2D eigenvalue weighted by Crippen LogP contribution is 1.99. The Morgan fingerprint density at radius 2 is 1.94 bits per heavy atom. The fourth-order valence-corrected chi connectivity index (χ4v) is 1.27. The molecule has 0 saturated heterocycles. The van der Waals surface area contributed by atoms with Crippen LogP contribution in [0.3, 0.4) is 0 Å². The molecule has 1 aliphatic rings. The van der Waals surface area contributed by atoms with Gasteiger partial charge in [-0.25, -0.2) is 5.43 Å². The molecule has 1 aliphatic carbocycles. The van der Waals surface area contributed by atoms with Crippen molar-refractivity contribution in [3.63, 3.8) is 0 Å². The predicted octanol–water partition coefficient (Wildman–Crippen LogP) is 1.56. The molecule has 0 spiro atoms. The standard InChI is InChI=1S/C12H12N2O2/c15-12(11-8-5-9-16-11)14-13-10-6-3-1-2-4-7-10/h1-10,13H,(H,14,15). The molecule has 0 radical (unpaired) electrons. The number of carbonyl (C=O) groups is 1. The van der Waals surface area contributed by atoms with E-state index in [9.17, 15) is 4.79 Å². The Balaban J connectivity index is 1.86. The molecule has 0 saturated carbocycles. The lowest BCUT2D eigenvalue weighted by Gasteiger charge is -2.10. The van der Waals surface area contributed by atoms with E-state index in [2.05, 4.69) is 10.9 Å². The highest BCUT2D eigenvalue weighted by Gasteiger charge is 2.08. The highest BCUT2D eigenvalue weighted by atomic mass is 16.3. The van der Waals surface area contributed by atoms with Gasteiger partial charge in [-0.1, -0.05) is 36.5 Å². The molecular weight excluding hydrogens is 204 g/mol. The van der Waals surface area contributed by atoms with Crippen molar-refractivity contribution in [3.05, 3.63) is 60.6 Å². The topological polar surface area (TPSA) is 54.3 Å². The van der Waals surface area contributed by atoms with Crippen LogP contribution < -0.4 is 10.9 Å². The minimum atomic E-state index is -0.288. The summed E-state index contributed by atoms with van der Waals surface area (Å²) in [5.74, 6) is -0.00351. The van der Waals surface area contributed by atoms with Gasteiger partial charge in [-0.3, -0.25) is 10.2 Å². The average Bonchev–Trinajstić information content (AvgIpc) is 2.71. The van der Waals surface area contributed by atoms with Crippen LogP contribution in [0.15, 0.2) is 59.3 Å². The molecule has 0 fully saturated rings. The summed E-state index contributed by atoms with van der Waals surface area (Å²) in [6.45, 7) is 0. The Bertz CT molecular complexity index is 414. The minimum absolute atomic E-state index is 0.0195. The SMILES string of the molecule is O=C(NNC1C=CC=CC=C1)c1ccco1. The summed E-state index contributed by atoms with van der Waals surface area (Å²) in [5, 5.41) is 0. The number of allylic oxidation sites excluding steroid dienone is 4. The predicted molar refractivity (Wildman–Crippen MR) is 60.5 cm³/mol. The fourth-order valence-electron chi connectivity index (χ4n) is 1.27. The van der Waals surface area contributed by atoms with Crippen LogP contribution in [0, 0.1) is 0 Å². The zero-order valence-corrected chi connectivity index (χ0v) is 8.59. The van der Waals surface area contributed by atoms with Crippen molar-refractivity contribution in [1.82, 2.24) is 10.9 Å². The fraction of sp³-hybridized carbons (Fsp3) is 0.0833. The van der Waals surface area contributed by atoms with Crippen molar-refractivity contribution in [2.45, 2.75) is 6.04 Å². The largest absolute Gasteiger partial charge is 0.459 e. The molecule has 0 aliphatic heterocycles. The number of hydrogen-bond donors (Lipinski definition) is 2. The van der Waals surface area contributed by atoms with Crippen LogP contribution in [0.4, 0.5) is 0 Å². The van der Waals surface area contributed by atoms with Crippen LogP contribution in [0.5, 0.6) is 0 Å². The van der Waals surface area contributed by atoms with Gasteiger partial charge in [0.15, 0.2) is 5.76 Å². The van der Waals surface area contributed by atoms with Gasteiger partial charge in [-0.15, -0.1) is 0 Å². The molecular formula is C12H12N2O2. The number of nitrogens with one attached hydrogen (secondary N) is 2. The number of hydrogen-bond acceptors (Lipinski definition) is 3. The first-order chi connectivity index (χ1) is 7.86. The molecule has 82 valence electrons.